The van der Waals surface area contributed by atoms with Gasteiger partial charge in [-0.1, -0.05) is 12.1 Å². The first-order chi connectivity index (χ1) is 29.4. The molecule has 9 rings (SSSR count). The average Bonchev–Trinajstić information content (AvgIpc) is 3.73. The number of carbonyl (C=O) groups excluding carboxylic acids is 2. The molecule has 3 aliphatic rings. The van der Waals surface area contributed by atoms with Gasteiger partial charge in [0, 0.05) is 87.9 Å². The summed E-state index contributed by atoms with van der Waals surface area (Å²) in [6, 6.07) is 20.0. The van der Waals surface area contributed by atoms with E-state index in [0.29, 0.717) is 47.3 Å². The number of anilines is 4. The summed E-state index contributed by atoms with van der Waals surface area (Å²) in [5.41, 5.74) is 4.37. The molecule has 2 aromatic carbocycles. The third-order valence-corrected chi connectivity index (χ3v) is 12.3. The highest BCUT2D eigenvalue weighted by atomic mass is 16.3. The molecule has 1 unspecified atom stereocenters. The maximum Gasteiger partial charge on any atom is 0.278 e. The highest BCUT2D eigenvalue weighted by Gasteiger charge is 2.32. The summed E-state index contributed by atoms with van der Waals surface area (Å²) in [5, 5.41) is 22.4. The number of rotatable bonds is 11. The van der Waals surface area contributed by atoms with Gasteiger partial charge in [0.25, 0.3) is 5.56 Å². The Morgan fingerprint density at radius 2 is 1.64 bits per heavy atom. The predicted octanol–water partition coefficient (Wildman–Crippen LogP) is 4.58. The summed E-state index contributed by atoms with van der Waals surface area (Å²) in [4.78, 5) is 59.1. The van der Waals surface area contributed by atoms with Crippen molar-refractivity contribution in [2.75, 3.05) is 60.9 Å². The van der Waals surface area contributed by atoms with Crippen LogP contribution in [0.25, 0.3) is 27.8 Å². The fraction of sp³-hybridized carbons (Fsp3) is 0.400. The molecule has 3 N–H and O–H groups in total. The third kappa shape index (κ3) is 8.00. The number of carbonyl (C=O) groups is 2. The van der Waals surface area contributed by atoms with Gasteiger partial charge in [0.05, 0.1) is 29.4 Å². The molecule has 0 bridgehead atoms. The maximum absolute atomic E-state index is 13.4. The molecule has 0 radical (unpaired) electrons. The number of aliphatic hydroxyl groups is 1. The second kappa shape index (κ2) is 16.2. The number of amides is 2. The molecule has 6 aromatic rings. The van der Waals surface area contributed by atoms with Gasteiger partial charge < -0.3 is 20.2 Å². The average molecular weight is 825 g/mol. The van der Waals surface area contributed by atoms with Crippen molar-refractivity contribution < 1.29 is 14.7 Å². The Hall–Kier alpha value is -6.39. The maximum atomic E-state index is 13.4. The van der Waals surface area contributed by atoms with Crippen molar-refractivity contribution in [3.63, 3.8) is 0 Å². The molecule has 3 aliphatic heterocycles. The van der Waals surface area contributed by atoms with Crippen LogP contribution < -0.4 is 26.0 Å². The molecular weight excluding hydrogens is 773 g/mol. The van der Waals surface area contributed by atoms with Crippen LogP contribution in [0.2, 0.25) is 0 Å². The smallest absolute Gasteiger partial charge is 0.278 e. The van der Waals surface area contributed by atoms with Crippen LogP contribution in [0.5, 0.6) is 0 Å². The Balaban J connectivity index is 0.790. The van der Waals surface area contributed by atoms with Crippen LogP contribution >= 0.6 is 0 Å². The van der Waals surface area contributed by atoms with Crippen LogP contribution in [-0.4, -0.2) is 102 Å². The van der Waals surface area contributed by atoms with Crippen LogP contribution in [0.15, 0.2) is 84.3 Å². The number of piperazine rings is 1. The van der Waals surface area contributed by atoms with E-state index in [0.717, 1.165) is 86.6 Å². The van der Waals surface area contributed by atoms with Crippen molar-refractivity contribution in [1.82, 2.24) is 44.3 Å². The molecule has 4 aromatic heterocycles. The Morgan fingerprint density at radius 1 is 0.902 bits per heavy atom. The van der Waals surface area contributed by atoms with Crippen molar-refractivity contribution in [2.45, 2.75) is 57.6 Å². The molecule has 16 heteroatoms. The summed E-state index contributed by atoms with van der Waals surface area (Å²) >= 11 is 0. The lowest BCUT2D eigenvalue weighted by atomic mass is 9.92. The number of nitrogens with zero attached hydrogens (tertiary/aromatic N) is 10. The van der Waals surface area contributed by atoms with Crippen molar-refractivity contribution in [3.8, 4) is 5.82 Å². The summed E-state index contributed by atoms with van der Waals surface area (Å²) in [6.07, 6.45) is 6.29. The molecule has 3 fully saturated rings. The number of benzene rings is 2. The van der Waals surface area contributed by atoms with Crippen molar-refractivity contribution in [1.29, 1.82) is 0 Å². The van der Waals surface area contributed by atoms with E-state index < -0.39 is 11.5 Å². The van der Waals surface area contributed by atoms with Gasteiger partial charge in [-0.25, -0.2) is 19.3 Å². The van der Waals surface area contributed by atoms with Crippen molar-refractivity contribution in [2.24, 2.45) is 13.0 Å². The van der Waals surface area contributed by atoms with Crippen LogP contribution in [0.1, 0.15) is 56.8 Å². The van der Waals surface area contributed by atoms with E-state index in [1.54, 1.807) is 42.8 Å². The predicted molar refractivity (Wildman–Crippen MR) is 236 cm³/mol. The van der Waals surface area contributed by atoms with Crippen LogP contribution in [-0.2, 0) is 28.8 Å². The largest absolute Gasteiger partial charge is 0.384 e. The number of fused-ring (bicyclic) bond motifs is 2. The number of allylic oxidation sites excluding steroid dienone is 1. The quantitative estimate of drug-likeness (QED) is 0.123. The van der Waals surface area contributed by atoms with Gasteiger partial charge in [-0.2, -0.15) is 10.1 Å². The van der Waals surface area contributed by atoms with Crippen LogP contribution in [0.4, 0.5) is 23.0 Å². The number of nitrogens with one attached hydrogen (secondary N) is 2. The molecule has 0 spiro atoms. The van der Waals surface area contributed by atoms with Crippen LogP contribution in [0.3, 0.4) is 0 Å². The zero-order valence-corrected chi connectivity index (χ0v) is 34.9. The Labute approximate surface area is 353 Å². The van der Waals surface area contributed by atoms with Gasteiger partial charge >= 0.3 is 0 Å². The van der Waals surface area contributed by atoms with E-state index in [9.17, 15) is 19.5 Å². The Morgan fingerprint density at radius 3 is 2.36 bits per heavy atom. The SMILES string of the molecule is C=CCn1c(=O)c2cnc(Nc3ccc(N4CCN(CC5CCN(c6ccc7c(C8CCC(=O)NC8=O)nn(C)c7c6)CC5)CC4)cc3)nc2n1-c1cccc(C(C)(C)O)n1. The van der Waals surface area contributed by atoms with Crippen molar-refractivity contribution in [3.05, 3.63) is 101 Å². The molecule has 7 heterocycles. The number of imide groups is 1. The lowest BCUT2D eigenvalue weighted by Crippen LogP contribution is -2.49. The van der Waals surface area contributed by atoms with Gasteiger partial charge in [-0.15, -0.1) is 6.58 Å². The number of pyridine rings is 1. The molecule has 16 nitrogen and oxygen atoms in total. The lowest BCUT2D eigenvalue weighted by molar-refractivity contribution is -0.134. The fourth-order valence-corrected chi connectivity index (χ4v) is 8.99. The first-order valence-corrected chi connectivity index (χ1v) is 21.1. The monoisotopic (exact) mass is 824 g/mol. The molecule has 0 saturated carbocycles. The van der Waals surface area contributed by atoms with E-state index in [1.165, 1.54) is 16.6 Å². The van der Waals surface area contributed by atoms with E-state index in [1.807, 2.05) is 23.9 Å². The van der Waals surface area contributed by atoms with Crippen molar-refractivity contribution >= 4 is 56.8 Å². The second-order valence-corrected chi connectivity index (χ2v) is 17.0. The van der Waals surface area contributed by atoms with Gasteiger partial charge in [0.1, 0.15) is 11.0 Å². The molecule has 2 amide bonds. The second-order valence-electron chi connectivity index (χ2n) is 17.0. The summed E-state index contributed by atoms with van der Waals surface area (Å²) < 4.78 is 5.03. The number of hydrogen-bond donors (Lipinski definition) is 3. The van der Waals surface area contributed by atoms with Gasteiger partial charge in [0.2, 0.25) is 17.8 Å². The van der Waals surface area contributed by atoms with E-state index >= 15 is 0 Å². The number of aryl methyl sites for hydroxylation is 1. The minimum Gasteiger partial charge on any atom is -0.384 e. The van der Waals surface area contributed by atoms with E-state index in [-0.39, 0.29) is 23.9 Å². The highest BCUT2D eigenvalue weighted by Crippen LogP contribution is 2.34. The molecule has 61 heavy (non-hydrogen) atoms. The Bertz CT molecular complexity index is 2680. The normalized spacial score (nSPS) is 18.3. The zero-order valence-electron chi connectivity index (χ0n) is 34.9. The highest BCUT2D eigenvalue weighted by molar-refractivity contribution is 6.02. The van der Waals surface area contributed by atoms with Crippen LogP contribution in [0, 0.1) is 5.92 Å². The first kappa shape index (κ1) is 40.0. The molecule has 1 atom stereocenters. The fourth-order valence-electron chi connectivity index (χ4n) is 8.99. The third-order valence-electron chi connectivity index (χ3n) is 12.3. The molecular formula is C45H52N12O4. The minimum atomic E-state index is -1.17. The minimum absolute atomic E-state index is 0.215. The molecule has 316 valence electrons. The number of piperidine rings is 2. The summed E-state index contributed by atoms with van der Waals surface area (Å²) in [7, 11) is 1.92. The van der Waals surface area contributed by atoms with Gasteiger partial charge in [-0.05, 0) is 93.6 Å². The standard InChI is InChI=1S/C45H52N12O4/c1-5-19-56-43(60)35-27-46-44(50-41(35)57(56)38-8-6-7-37(48-38)45(2,3)61)47-30-9-11-31(12-10-30)55-24-22-53(23-25-55)28-29-17-20-54(21-18-29)32-13-14-33-36(26-32)52(4)51-40(33)34-15-16-39(58)49-42(34)59/h5-14,26-27,29,34,61H,1,15-25,28H2,2-4H3,(H,46,47,50)(H,49,58,59). The lowest BCUT2D eigenvalue weighted by Gasteiger charge is -2.40. The number of aromatic nitrogens is 7. The summed E-state index contributed by atoms with van der Waals surface area (Å²) in [6.45, 7) is 14.5. The van der Waals surface area contributed by atoms with Gasteiger partial charge in [-0.3, -0.25) is 29.3 Å². The van der Waals surface area contributed by atoms with E-state index in [4.69, 9.17) is 10.1 Å². The molecule has 0 aliphatic carbocycles. The Kier molecular flexibility index (Phi) is 10.7. The zero-order chi connectivity index (χ0) is 42.4. The first-order valence-electron chi connectivity index (χ1n) is 21.1. The van der Waals surface area contributed by atoms with Gasteiger partial charge in [0.15, 0.2) is 11.5 Å². The topological polar surface area (TPSA) is 172 Å². The van der Waals surface area contributed by atoms with E-state index in [2.05, 4.69) is 72.2 Å². The molecule has 3 saturated heterocycles. The number of hydrogen-bond acceptors (Lipinski definition) is 12. The summed E-state index contributed by atoms with van der Waals surface area (Å²) in [5.74, 6) is 0.574.